The lowest BCUT2D eigenvalue weighted by Gasteiger charge is -2.33. The topological polar surface area (TPSA) is 30.3 Å². The number of aromatic nitrogens is 2. The van der Waals surface area contributed by atoms with Gasteiger partial charge in [0.2, 0.25) is 0 Å². The second-order valence-corrected chi connectivity index (χ2v) is 5.12. The van der Waals surface area contributed by atoms with E-state index in [0.29, 0.717) is 6.04 Å². The van der Waals surface area contributed by atoms with Crippen molar-refractivity contribution in [1.82, 2.24) is 14.7 Å². The van der Waals surface area contributed by atoms with Crippen LogP contribution in [-0.4, -0.2) is 41.4 Å². The molecule has 0 amide bonds. The Bertz CT molecular complexity index is 561. The molecule has 0 fully saturated rings. The molecule has 1 aromatic heterocycles. The van der Waals surface area contributed by atoms with E-state index < -0.39 is 0 Å². The van der Waals surface area contributed by atoms with Crippen LogP contribution in [-0.2, 0) is 11.3 Å². The normalized spacial score (nSPS) is 21.2. The molecule has 0 saturated heterocycles. The van der Waals surface area contributed by atoms with Crippen molar-refractivity contribution < 1.29 is 4.74 Å². The third kappa shape index (κ3) is 1.72. The average Bonchev–Trinajstić information content (AvgIpc) is 2.76. The van der Waals surface area contributed by atoms with E-state index in [2.05, 4.69) is 53.9 Å². The van der Waals surface area contributed by atoms with Crippen molar-refractivity contribution >= 4 is 10.9 Å². The van der Waals surface area contributed by atoms with Gasteiger partial charge in [0.1, 0.15) is 6.10 Å². The maximum absolute atomic E-state index is 5.99. The highest BCUT2D eigenvalue weighted by Crippen LogP contribution is 2.32. The van der Waals surface area contributed by atoms with Gasteiger partial charge in [-0.05, 0) is 27.1 Å². The quantitative estimate of drug-likeness (QED) is 0.811. The Morgan fingerprint density at radius 2 is 2.17 bits per heavy atom. The Balaban J connectivity index is 2.14. The second-order valence-electron chi connectivity index (χ2n) is 5.12. The minimum absolute atomic E-state index is 0.0983. The first-order valence-electron chi connectivity index (χ1n) is 6.42. The highest BCUT2D eigenvalue weighted by Gasteiger charge is 2.30. The molecule has 4 nitrogen and oxygen atoms in total. The molecule has 0 aliphatic carbocycles. The molecule has 0 spiro atoms. The summed E-state index contributed by atoms with van der Waals surface area (Å²) in [4.78, 5) is 2.20. The van der Waals surface area contributed by atoms with E-state index in [4.69, 9.17) is 4.74 Å². The van der Waals surface area contributed by atoms with E-state index in [0.717, 1.165) is 18.7 Å². The Kier molecular flexibility index (Phi) is 2.84. The number of benzene rings is 1. The fourth-order valence-corrected chi connectivity index (χ4v) is 2.55. The van der Waals surface area contributed by atoms with Gasteiger partial charge in [0, 0.05) is 11.4 Å². The van der Waals surface area contributed by atoms with E-state index in [1.807, 2.05) is 6.07 Å². The van der Waals surface area contributed by atoms with Gasteiger partial charge in [-0.3, -0.25) is 4.68 Å². The molecule has 2 heterocycles. The van der Waals surface area contributed by atoms with Gasteiger partial charge in [0.05, 0.1) is 24.4 Å². The molecule has 1 aliphatic rings. The summed E-state index contributed by atoms with van der Waals surface area (Å²) in [5.74, 6) is 0. The van der Waals surface area contributed by atoms with Gasteiger partial charge in [-0.1, -0.05) is 18.2 Å². The zero-order chi connectivity index (χ0) is 12.7. The van der Waals surface area contributed by atoms with Gasteiger partial charge in [-0.15, -0.1) is 0 Å². The van der Waals surface area contributed by atoms with Crippen molar-refractivity contribution in [2.45, 2.75) is 25.6 Å². The Labute approximate surface area is 107 Å². The van der Waals surface area contributed by atoms with E-state index in [1.165, 1.54) is 11.1 Å². The lowest BCUT2D eigenvalue weighted by atomic mass is 10.0. The number of hydrogen-bond acceptors (Lipinski definition) is 3. The van der Waals surface area contributed by atoms with E-state index >= 15 is 0 Å². The van der Waals surface area contributed by atoms with Gasteiger partial charge in [-0.25, -0.2) is 0 Å². The predicted octanol–water partition coefficient (Wildman–Crippen LogP) is 2.06. The Morgan fingerprint density at radius 3 is 2.94 bits per heavy atom. The number of nitrogens with zero attached hydrogens (tertiary/aromatic N) is 3. The van der Waals surface area contributed by atoms with E-state index in [-0.39, 0.29) is 6.10 Å². The standard InChI is InChI=1S/C14H19N3O/c1-10(16(2)3)14-13-11-6-4-5-7-12(11)15-17(13)8-9-18-14/h4-7,10,14H,8-9H2,1-3H3/t10?,14-/m1/s1. The van der Waals surface area contributed by atoms with Crippen molar-refractivity contribution in [3.05, 3.63) is 30.0 Å². The zero-order valence-electron chi connectivity index (χ0n) is 11.1. The number of fused-ring (bicyclic) bond motifs is 3. The van der Waals surface area contributed by atoms with Gasteiger partial charge in [-0.2, -0.15) is 5.10 Å². The number of rotatable bonds is 2. The summed E-state index contributed by atoms with van der Waals surface area (Å²) < 4.78 is 8.10. The molecule has 0 radical (unpaired) electrons. The van der Waals surface area contributed by atoms with Crippen molar-refractivity contribution in [2.75, 3.05) is 20.7 Å². The smallest absolute Gasteiger partial charge is 0.115 e. The van der Waals surface area contributed by atoms with Crippen molar-refractivity contribution in [2.24, 2.45) is 0 Å². The van der Waals surface area contributed by atoms with Crippen LogP contribution in [0.15, 0.2) is 24.3 Å². The first kappa shape index (κ1) is 11.7. The third-order valence-corrected chi connectivity index (χ3v) is 3.81. The molecule has 0 N–H and O–H groups in total. The lowest BCUT2D eigenvalue weighted by molar-refractivity contribution is -0.0247. The number of likely N-dealkylation sites (N-methyl/N-ethyl adjacent to an activating group) is 1. The van der Waals surface area contributed by atoms with Crippen LogP contribution in [0.3, 0.4) is 0 Å². The summed E-state index contributed by atoms with van der Waals surface area (Å²) >= 11 is 0. The monoisotopic (exact) mass is 245 g/mol. The first-order chi connectivity index (χ1) is 8.68. The number of ether oxygens (including phenoxy) is 1. The maximum Gasteiger partial charge on any atom is 0.115 e. The summed E-state index contributed by atoms with van der Waals surface area (Å²) in [7, 11) is 4.18. The highest BCUT2D eigenvalue weighted by atomic mass is 16.5. The molecule has 1 unspecified atom stereocenters. The molecule has 0 saturated carbocycles. The van der Waals surface area contributed by atoms with Crippen LogP contribution in [0.1, 0.15) is 18.7 Å². The molecule has 2 aromatic rings. The Morgan fingerprint density at radius 1 is 1.39 bits per heavy atom. The molecule has 3 rings (SSSR count). The van der Waals surface area contributed by atoms with Crippen molar-refractivity contribution in [1.29, 1.82) is 0 Å². The van der Waals surface area contributed by atoms with Crippen LogP contribution in [0.4, 0.5) is 0 Å². The van der Waals surface area contributed by atoms with E-state index in [1.54, 1.807) is 0 Å². The molecule has 1 aliphatic heterocycles. The molecule has 0 bridgehead atoms. The van der Waals surface area contributed by atoms with Crippen molar-refractivity contribution in [3.63, 3.8) is 0 Å². The van der Waals surface area contributed by atoms with Crippen LogP contribution >= 0.6 is 0 Å². The summed E-state index contributed by atoms with van der Waals surface area (Å²) in [5.41, 5.74) is 2.28. The number of hydrogen-bond donors (Lipinski definition) is 0. The summed E-state index contributed by atoms with van der Waals surface area (Å²) in [5, 5.41) is 5.88. The van der Waals surface area contributed by atoms with Crippen LogP contribution in [0.2, 0.25) is 0 Å². The highest BCUT2D eigenvalue weighted by molar-refractivity contribution is 5.82. The lowest BCUT2D eigenvalue weighted by Crippen LogP contribution is -2.37. The summed E-state index contributed by atoms with van der Waals surface area (Å²) in [6.45, 7) is 3.78. The van der Waals surface area contributed by atoms with Crippen LogP contribution in [0.5, 0.6) is 0 Å². The molecule has 4 heteroatoms. The maximum atomic E-state index is 5.99. The SMILES string of the molecule is CC([C@H]1OCCn2nc3ccccc3c21)N(C)C. The average molecular weight is 245 g/mol. The largest absolute Gasteiger partial charge is 0.368 e. The fraction of sp³-hybridized carbons (Fsp3) is 0.500. The molecule has 1 aromatic carbocycles. The van der Waals surface area contributed by atoms with Crippen LogP contribution in [0.25, 0.3) is 10.9 Å². The molecular weight excluding hydrogens is 226 g/mol. The minimum atomic E-state index is 0.0983. The molecule has 18 heavy (non-hydrogen) atoms. The third-order valence-electron chi connectivity index (χ3n) is 3.81. The minimum Gasteiger partial charge on any atom is -0.368 e. The van der Waals surface area contributed by atoms with Gasteiger partial charge >= 0.3 is 0 Å². The van der Waals surface area contributed by atoms with Gasteiger partial charge in [0.25, 0.3) is 0 Å². The molecular formula is C14H19N3O. The van der Waals surface area contributed by atoms with Crippen molar-refractivity contribution in [3.8, 4) is 0 Å². The Hall–Kier alpha value is -1.39. The van der Waals surface area contributed by atoms with Gasteiger partial charge < -0.3 is 9.64 Å². The van der Waals surface area contributed by atoms with Gasteiger partial charge in [0.15, 0.2) is 0 Å². The predicted molar refractivity (Wildman–Crippen MR) is 71.6 cm³/mol. The first-order valence-corrected chi connectivity index (χ1v) is 6.42. The fourth-order valence-electron chi connectivity index (χ4n) is 2.55. The van der Waals surface area contributed by atoms with E-state index in [9.17, 15) is 0 Å². The summed E-state index contributed by atoms with van der Waals surface area (Å²) in [6.07, 6.45) is 0.0983. The zero-order valence-corrected chi connectivity index (χ0v) is 11.1. The molecule has 96 valence electrons. The molecule has 2 atom stereocenters. The van der Waals surface area contributed by atoms with Crippen LogP contribution in [0, 0.1) is 0 Å². The summed E-state index contributed by atoms with van der Waals surface area (Å²) in [6, 6.07) is 8.64. The van der Waals surface area contributed by atoms with Crippen LogP contribution < -0.4 is 0 Å². The second kappa shape index (κ2) is 4.37.